The first-order valence-electron chi connectivity index (χ1n) is 11.0. The van der Waals surface area contributed by atoms with Gasteiger partial charge in [-0.2, -0.15) is 10.0 Å². The van der Waals surface area contributed by atoms with Crippen molar-refractivity contribution in [1.82, 2.24) is 15.1 Å². The van der Waals surface area contributed by atoms with Gasteiger partial charge >= 0.3 is 0 Å². The number of rotatable bonds is 8. The zero-order chi connectivity index (χ0) is 23.6. The zero-order valence-corrected chi connectivity index (χ0v) is 19.5. The van der Waals surface area contributed by atoms with E-state index in [1.165, 1.54) is 5.56 Å². The average Bonchev–Trinajstić information content (AvgIpc) is 3.19. The van der Waals surface area contributed by atoms with Crippen LogP contribution in [0.25, 0.3) is 5.69 Å². The molecule has 0 spiro atoms. The highest BCUT2D eigenvalue weighted by Crippen LogP contribution is 2.31. The van der Waals surface area contributed by atoms with Gasteiger partial charge in [0.25, 0.3) is 5.91 Å². The number of amides is 1. The smallest absolute Gasteiger partial charge is 0.277 e. The van der Waals surface area contributed by atoms with Crippen LogP contribution in [0.4, 0.5) is 5.69 Å². The number of nitrogens with zero attached hydrogens (tertiary/aromatic N) is 4. The van der Waals surface area contributed by atoms with Crippen LogP contribution in [0.2, 0.25) is 0 Å². The summed E-state index contributed by atoms with van der Waals surface area (Å²) in [6.07, 6.45) is 0.606. The lowest BCUT2D eigenvalue weighted by atomic mass is 9.84. The van der Waals surface area contributed by atoms with E-state index in [1.54, 1.807) is 16.7 Å². The van der Waals surface area contributed by atoms with E-state index >= 15 is 0 Å². The molecule has 0 atom stereocenters. The first-order valence-corrected chi connectivity index (χ1v) is 11.0. The lowest BCUT2D eigenvalue weighted by Crippen LogP contribution is -2.39. The first kappa shape index (κ1) is 22.7. The molecule has 3 aromatic rings. The van der Waals surface area contributed by atoms with E-state index in [-0.39, 0.29) is 17.9 Å². The maximum absolute atomic E-state index is 13.7. The number of fused-ring (bicyclic) bond motifs is 1. The van der Waals surface area contributed by atoms with Crippen LogP contribution >= 0.6 is 0 Å². The molecule has 1 aromatic heterocycles. The minimum Gasteiger partial charge on any atom is -0.497 e. The molecule has 0 radical (unpaired) electrons. The molecule has 0 aliphatic carbocycles. The number of likely N-dealkylation sites (N-methyl/N-ethyl adjacent to an activating group) is 1. The summed E-state index contributed by atoms with van der Waals surface area (Å²) in [6, 6.07) is 15.5. The minimum atomic E-state index is -0.140. The molecule has 1 N–H and O–H groups in total. The maximum Gasteiger partial charge on any atom is 0.277 e. The number of ether oxygens (including phenoxy) is 1. The van der Waals surface area contributed by atoms with Crippen molar-refractivity contribution in [3.8, 4) is 11.4 Å². The largest absolute Gasteiger partial charge is 0.497 e. The van der Waals surface area contributed by atoms with Gasteiger partial charge in [-0.05, 0) is 55.4 Å². The van der Waals surface area contributed by atoms with Gasteiger partial charge < -0.3 is 15.0 Å². The first-order chi connectivity index (χ1) is 15.9. The number of nitrogens with one attached hydrogen (secondary N) is 1. The molecule has 0 fully saturated rings. The van der Waals surface area contributed by atoms with Gasteiger partial charge in [0.1, 0.15) is 18.0 Å². The van der Waals surface area contributed by atoms with E-state index in [0.29, 0.717) is 30.1 Å². The van der Waals surface area contributed by atoms with Crippen molar-refractivity contribution >= 4 is 11.6 Å². The normalized spacial score (nSPS) is 13.7. The lowest BCUT2D eigenvalue weighted by molar-refractivity contribution is 0.0973. The molecule has 1 amide bonds. The summed E-state index contributed by atoms with van der Waals surface area (Å²) in [4.78, 5) is 26.4. The predicted molar refractivity (Wildman–Crippen MR) is 128 cm³/mol. The van der Waals surface area contributed by atoms with Crippen LogP contribution in [0.15, 0.2) is 53.7 Å². The second-order valence-electron chi connectivity index (χ2n) is 8.84. The summed E-state index contributed by atoms with van der Waals surface area (Å²) in [5.41, 5.74) is 4.57. The fraction of sp³-hybridized carbons (Fsp3) is 0.360. The molecule has 0 saturated heterocycles. The number of hydrogen-bond donors (Lipinski definition) is 1. The molecule has 4 rings (SSSR count). The fourth-order valence-electron chi connectivity index (χ4n) is 4.41. The molecule has 2 heterocycles. The number of aromatic nitrogens is 2. The van der Waals surface area contributed by atoms with Crippen LogP contribution in [-0.4, -0.2) is 42.9 Å². The quantitative estimate of drug-likeness (QED) is 0.530. The van der Waals surface area contributed by atoms with Crippen molar-refractivity contribution in [1.29, 1.82) is 0 Å². The second-order valence-corrected chi connectivity index (χ2v) is 8.84. The Morgan fingerprint density at radius 2 is 1.76 bits per heavy atom. The van der Waals surface area contributed by atoms with Crippen LogP contribution in [0.3, 0.4) is 0 Å². The van der Waals surface area contributed by atoms with E-state index in [1.807, 2.05) is 43.4 Å². The van der Waals surface area contributed by atoms with E-state index in [0.717, 1.165) is 23.5 Å². The molecule has 33 heavy (non-hydrogen) atoms. The van der Waals surface area contributed by atoms with Crippen LogP contribution in [0.1, 0.15) is 41.2 Å². The second kappa shape index (κ2) is 9.15. The molecule has 0 saturated carbocycles. The monoisotopic (exact) mass is 447 g/mol. The molecular weight excluding hydrogens is 418 g/mol. The van der Waals surface area contributed by atoms with Gasteiger partial charge in [-0.25, -0.2) is 4.68 Å². The van der Waals surface area contributed by atoms with E-state index in [4.69, 9.17) is 4.74 Å². The van der Waals surface area contributed by atoms with Gasteiger partial charge in [-0.1, -0.05) is 31.2 Å². The summed E-state index contributed by atoms with van der Waals surface area (Å²) in [5, 5.41) is 10.8. The summed E-state index contributed by atoms with van der Waals surface area (Å²) in [5.74, 6) is 0.572. The molecule has 8 nitrogen and oxygen atoms in total. The molecular formula is C25H29N5O3. The summed E-state index contributed by atoms with van der Waals surface area (Å²) in [6.45, 7) is 5.69. The minimum absolute atomic E-state index is 0.0178. The van der Waals surface area contributed by atoms with Crippen LogP contribution in [0, 0.1) is 4.91 Å². The molecule has 172 valence electrons. The Balaban J connectivity index is 1.71. The van der Waals surface area contributed by atoms with Gasteiger partial charge in [-0.15, -0.1) is 0 Å². The third kappa shape index (κ3) is 4.26. The molecule has 1 aliphatic rings. The highest BCUT2D eigenvalue weighted by atomic mass is 16.5. The molecule has 2 aromatic carbocycles. The Hall–Kier alpha value is -3.52. The number of carbonyl (C=O) groups is 1. The third-order valence-electron chi connectivity index (χ3n) is 6.21. The Bertz CT molecular complexity index is 1150. The zero-order valence-electron chi connectivity index (χ0n) is 19.5. The Morgan fingerprint density at radius 1 is 1.09 bits per heavy atom. The average molecular weight is 448 g/mol. The number of benzene rings is 2. The van der Waals surface area contributed by atoms with E-state index < -0.39 is 0 Å². The summed E-state index contributed by atoms with van der Waals surface area (Å²) in [7, 11) is 3.55. The molecule has 0 unspecified atom stereocenters. The number of anilines is 1. The van der Waals surface area contributed by atoms with Crippen molar-refractivity contribution in [2.24, 2.45) is 5.18 Å². The Morgan fingerprint density at radius 3 is 2.36 bits per heavy atom. The van der Waals surface area contributed by atoms with E-state index in [9.17, 15) is 9.70 Å². The summed E-state index contributed by atoms with van der Waals surface area (Å²) >= 11 is 0. The standard InChI is InChI=1S/C25H29N5O3/c1-25(2,16-26-3)17-5-7-18(8-6-17)29-14-13-21-22(15-27-32)28-30(23(21)24(29)31)19-9-11-20(33-4)12-10-19/h5-12,26H,13-16H2,1-4H3. The number of carbonyl (C=O) groups excluding carboxylic acids is 1. The van der Waals surface area contributed by atoms with Gasteiger partial charge in [-0.3, -0.25) is 4.79 Å². The molecule has 1 aliphatic heterocycles. The van der Waals surface area contributed by atoms with Gasteiger partial charge in [0.05, 0.1) is 18.5 Å². The SMILES string of the molecule is CNCC(C)(C)c1ccc(N2CCc3c(CN=O)nn(-c4ccc(OC)cc4)c3C2=O)cc1. The van der Waals surface area contributed by atoms with Crippen molar-refractivity contribution in [2.45, 2.75) is 32.2 Å². The van der Waals surface area contributed by atoms with Crippen molar-refractivity contribution in [3.63, 3.8) is 0 Å². The van der Waals surface area contributed by atoms with Crippen molar-refractivity contribution < 1.29 is 9.53 Å². The topological polar surface area (TPSA) is 88.8 Å². The van der Waals surface area contributed by atoms with Crippen LogP contribution in [-0.2, 0) is 18.4 Å². The third-order valence-corrected chi connectivity index (χ3v) is 6.21. The highest BCUT2D eigenvalue weighted by molar-refractivity contribution is 6.07. The fourth-order valence-corrected chi connectivity index (χ4v) is 4.41. The Kier molecular flexibility index (Phi) is 6.29. The number of hydrogen-bond acceptors (Lipinski definition) is 6. The van der Waals surface area contributed by atoms with Crippen molar-refractivity contribution in [3.05, 3.63) is 76.0 Å². The lowest BCUT2D eigenvalue weighted by Gasteiger charge is -2.29. The van der Waals surface area contributed by atoms with Gasteiger partial charge in [0, 0.05) is 29.8 Å². The van der Waals surface area contributed by atoms with Gasteiger partial charge in [0.2, 0.25) is 0 Å². The Labute approximate surface area is 193 Å². The van der Waals surface area contributed by atoms with Crippen LogP contribution in [0.5, 0.6) is 5.75 Å². The maximum atomic E-state index is 13.7. The molecule has 0 bridgehead atoms. The van der Waals surface area contributed by atoms with Gasteiger partial charge in [0.15, 0.2) is 0 Å². The van der Waals surface area contributed by atoms with Crippen LogP contribution < -0.4 is 15.0 Å². The van der Waals surface area contributed by atoms with Crippen molar-refractivity contribution in [2.75, 3.05) is 32.1 Å². The molecule has 8 heteroatoms. The summed E-state index contributed by atoms with van der Waals surface area (Å²) < 4.78 is 6.86. The number of methoxy groups -OCH3 is 1. The number of nitroso groups, excluding NO2 is 1. The highest BCUT2D eigenvalue weighted by Gasteiger charge is 2.33. The predicted octanol–water partition coefficient (Wildman–Crippen LogP) is 3.85. The van der Waals surface area contributed by atoms with E-state index in [2.05, 4.69) is 41.6 Å².